The van der Waals surface area contributed by atoms with Crippen LogP contribution in [0.4, 0.5) is 17.1 Å². The predicted molar refractivity (Wildman–Crippen MR) is 116 cm³/mol. The van der Waals surface area contributed by atoms with Crippen molar-refractivity contribution in [3.63, 3.8) is 0 Å². The number of hydrogen-bond acceptors (Lipinski definition) is 1. The van der Waals surface area contributed by atoms with Crippen LogP contribution in [0, 0.1) is 0 Å². The maximum absolute atomic E-state index is 3.96. The van der Waals surface area contributed by atoms with Crippen LogP contribution in [0.3, 0.4) is 0 Å². The standard InChI is InChI=1S/C26H19N/c1-2-19-16-17-21-22-12-6-8-14-25(22)27(20-10-4-3-5-11-20)26-15-9-7-13-23(26)24(21)18-19/h2-18H,1H2. The van der Waals surface area contributed by atoms with Crippen LogP contribution in [-0.4, -0.2) is 0 Å². The average molecular weight is 345 g/mol. The van der Waals surface area contributed by atoms with E-state index in [9.17, 15) is 0 Å². The molecule has 0 fully saturated rings. The van der Waals surface area contributed by atoms with E-state index in [1.807, 2.05) is 6.08 Å². The third-order valence-corrected chi connectivity index (χ3v) is 5.16. The molecule has 0 radical (unpaired) electrons. The van der Waals surface area contributed by atoms with E-state index in [4.69, 9.17) is 0 Å². The topological polar surface area (TPSA) is 3.24 Å². The summed E-state index contributed by atoms with van der Waals surface area (Å²) in [5.41, 5.74) is 9.65. The number of para-hydroxylation sites is 3. The molecule has 0 aromatic heterocycles. The molecule has 4 aromatic rings. The minimum Gasteiger partial charge on any atom is -0.309 e. The highest BCUT2D eigenvalue weighted by Gasteiger charge is 2.25. The Morgan fingerprint density at radius 1 is 0.556 bits per heavy atom. The van der Waals surface area contributed by atoms with Crippen LogP contribution in [0.5, 0.6) is 0 Å². The van der Waals surface area contributed by atoms with Crippen LogP contribution in [-0.2, 0) is 0 Å². The van der Waals surface area contributed by atoms with Gasteiger partial charge in [0.05, 0.1) is 11.4 Å². The Morgan fingerprint density at radius 3 is 1.81 bits per heavy atom. The van der Waals surface area contributed by atoms with Crippen LogP contribution < -0.4 is 4.90 Å². The zero-order valence-corrected chi connectivity index (χ0v) is 15.0. The molecule has 1 aliphatic rings. The number of hydrogen-bond donors (Lipinski definition) is 0. The van der Waals surface area contributed by atoms with Crippen LogP contribution in [0.2, 0.25) is 0 Å². The fourth-order valence-corrected chi connectivity index (χ4v) is 3.92. The smallest absolute Gasteiger partial charge is 0.0540 e. The molecular formula is C26H19N. The predicted octanol–water partition coefficient (Wildman–Crippen LogP) is 7.45. The highest BCUT2D eigenvalue weighted by molar-refractivity contribution is 6.02. The average Bonchev–Trinajstić information content (AvgIpc) is 2.87. The zero-order chi connectivity index (χ0) is 18.2. The van der Waals surface area contributed by atoms with Crippen molar-refractivity contribution in [3.8, 4) is 22.3 Å². The lowest BCUT2D eigenvalue weighted by Crippen LogP contribution is -2.10. The summed E-state index contributed by atoms with van der Waals surface area (Å²) in [7, 11) is 0. The summed E-state index contributed by atoms with van der Waals surface area (Å²) in [5.74, 6) is 0. The summed E-state index contributed by atoms with van der Waals surface area (Å²) in [6, 6.07) is 34.5. The monoisotopic (exact) mass is 345 g/mol. The lowest BCUT2D eigenvalue weighted by atomic mass is 9.93. The van der Waals surface area contributed by atoms with Gasteiger partial charge in [-0.25, -0.2) is 0 Å². The molecule has 4 aromatic carbocycles. The summed E-state index contributed by atoms with van der Waals surface area (Å²) >= 11 is 0. The first-order valence-electron chi connectivity index (χ1n) is 9.17. The summed E-state index contributed by atoms with van der Waals surface area (Å²) < 4.78 is 0. The minimum absolute atomic E-state index is 1.13. The number of nitrogens with zero attached hydrogens (tertiary/aromatic N) is 1. The van der Waals surface area contributed by atoms with Crippen molar-refractivity contribution in [2.45, 2.75) is 0 Å². The summed E-state index contributed by atoms with van der Waals surface area (Å²) in [4.78, 5) is 2.36. The number of fused-ring (bicyclic) bond motifs is 5. The van der Waals surface area contributed by atoms with Crippen molar-refractivity contribution in [2.75, 3.05) is 4.90 Å². The highest BCUT2D eigenvalue weighted by atomic mass is 15.1. The van der Waals surface area contributed by atoms with Crippen molar-refractivity contribution in [1.29, 1.82) is 0 Å². The van der Waals surface area contributed by atoms with Gasteiger partial charge in [0.2, 0.25) is 0 Å². The van der Waals surface area contributed by atoms with E-state index in [0.29, 0.717) is 0 Å². The molecule has 128 valence electrons. The molecule has 1 heteroatoms. The van der Waals surface area contributed by atoms with Crippen LogP contribution in [0.1, 0.15) is 5.56 Å². The molecule has 5 rings (SSSR count). The lowest BCUT2D eigenvalue weighted by molar-refractivity contribution is 1.29. The fraction of sp³-hybridized carbons (Fsp3) is 0. The first-order valence-corrected chi connectivity index (χ1v) is 9.17. The molecule has 0 unspecified atom stereocenters. The van der Waals surface area contributed by atoms with Gasteiger partial charge in [0.15, 0.2) is 0 Å². The molecule has 0 bridgehead atoms. The Bertz CT molecular complexity index is 1140. The van der Waals surface area contributed by atoms with Crippen molar-refractivity contribution in [3.05, 3.63) is 109 Å². The first-order chi connectivity index (χ1) is 13.4. The van der Waals surface area contributed by atoms with E-state index in [0.717, 1.165) is 11.3 Å². The van der Waals surface area contributed by atoms with Crippen molar-refractivity contribution in [1.82, 2.24) is 0 Å². The normalized spacial score (nSPS) is 11.8. The van der Waals surface area contributed by atoms with Crippen LogP contribution in [0.25, 0.3) is 28.3 Å². The first kappa shape index (κ1) is 15.7. The molecule has 0 amide bonds. The van der Waals surface area contributed by atoms with E-state index in [1.165, 1.54) is 33.6 Å². The second kappa shape index (κ2) is 6.30. The maximum atomic E-state index is 3.96. The van der Waals surface area contributed by atoms with Crippen LogP contribution >= 0.6 is 0 Å². The van der Waals surface area contributed by atoms with Gasteiger partial charge >= 0.3 is 0 Å². The Balaban J connectivity index is 1.92. The molecule has 0 saturated heterocycles. The van der Waals surface area contributed by atoms with E-state index in [1.54, 1.807) is 0 Å². The van der Waals surface area contributed by atoms with E-state index < -0.39 is 0 Å². The van der Waals surface area contributed by atoms with Crippen molar-refractivity contribution < 1.29 is 0 Å². The zero-order valence-electron chi connectivity index (χ0n) is 15.0. The molecule has 0 N–H and O–H groups in total. The number of rotatable bonds is 2. The van der Waals surface area contributed by atoms with Crippen molar-refractivity contribution in [2.24, 2.45) is 0 Å². The Labute approximate surface area is 159 Å². The third kappa shape index (κ3) is 2.48. The Morgan fingerprint density at radius 2 is 1.15 bits per heavy atom. The number of anilines is 3. The summed E-state index contributed by atoms with van der Waals surface area (Å²) in [5, 5.41) is 0. The third-order valence-electron chi connectivity index (χ3n) is 5.16. The number of benzene rings is 4. The van der Waals surface area contributed by atoms with Gasteiger partial charge in [-0.2, -0.15) is 0 Å². The van der Waals surface area contributed by atoms with Gasteiger partial charge in [-0.3, -0.25) is 0 Å². The quantitative estimate of drug-likeness (QED) is 0.321. The largest absolute Gasteiger partial charge is 0.309 e. The summed E-state index contributed by atoms with van der Waals surface area (Å²) in [6.45, 7) is 3.96. The Hall–Kier alpha value is -3.58. The van der Waals surface area contributed by atoms with Gasteiger partial charge in [0, 0.05) is 16.8 Å². The van der Waals surface area contributed by atoms with Gasteiger partial charge < -0.3 is 4.90 Å². The highest BCUT2D eigenvalue weighted by Crippen LogP contribution is 2.50. The Kier molecular flexibility index (Phi) is 3.65. The van der Waals surface area contributed by atoms with Crippen molar-refractivity contribution >= 4 is 23.1 Å². The molecule has 0 saturated carbocycles. The minimum atomic E-state index is 1.13. The van der Waals surface area contributed by atoms with Gasteiger partial charge in [0.1, 0.15) is 0 Å². The maximum Gasteiger partial charge on any atom is 0.0540 e. The molecule has 0 spiro atoms. The van der Waals surface area contributed by atoms with Gasteiger partial charge in [-0.1, -0.05) is 79.4 Å². The fourth-order valence-electron chi connectivity index (χ4n) is 3.92. The van der Waals surface area contributed by atoms with Gasteiger partial charge in [-0.05, 0) is 47.0 Å². The molecule has 0 aliphatic carbocycles. The molecular weight excluding hydrogens is 326 g/mol. The van der Waals surface area contributed by atoms with Crippen LogP contribution in [0.15, 0.2) is 104 Å². The van der Waals surface area contributed by atoms with Gasteiger partial charge in [-0.15, -0.1) is 0 Å². The lowest BCUT2D eigenvalue weighted by Gasteiger charge is -2.27. The molecule has 1 nitrogen and oxygen atoms in total. The molecule has 1 heterocycles. The van der Waals surface area contributed by atoms with E-state index in [2.05, 4.69) is 109 Å². The molecule has 0 atom stereocenters. The molecule has 27 heavy (non-hydrogen) atoms. The van der Waals surface area contributed by atoms with E-state index in [-0.39, 0.29) is 0 Å². The summed E-state index contributed by atoms with van der Waals surface area (Å²) in [6.07, 6.45) is 1.91. The van der Waals surface area contributed by atoms with Gasteiger partial charge in [0.25, 0.3) is 0 Å². The second-order valence-corrected chi connectivity index (χ2v) is 6.71. The second-order valence-electron chi connectivity index (χ2n) is 6.71. The van der Waals surface area contributed by atoms with E-state index >= 15 is 0 Å². The SMILES string of the molecule is C=Cc1ccc2c(c1)-c1ccccc1N(c1ccccc1)c1ccccc1-2. The molecule has 1 aliphatic heterocycles.